The molecule has 0 spiro atoms. The summed E-state index contributed by atoms with van der Waals surface area (Å²) >= 11 is 0. The van der Waals surface area contributed by atoms with E-state index >= 15 is 0 Å². The van der Waals surface area contributed by atoms with E-state index in [0.717, 1.165) is 18.1 Å². The monoisotopic (exact) mass is 279 g/mol. The van der Waals surface area contributed by atoms with E-state index < -0.39 is 0 Å². The van der Waals surface area contributed by atoms with Crippen LogP contribution in [0.4, 0.5) is 0 Å². The zero-order valence-electron chi connectivity index (χ0n) is 12.9. The second-order valence-electron chi connectivity index (χ2n) is 5.56. The Bertz CT molecular complexity index is 465. The molecule has 0 bridgehead atoms. The van der Waals surface area contributed by atoms with Gasteiger partial charge in [-0.1, -0.05) is 0 Å². The molecule has 0 aliphatic carbocycles. The van der Waals surface area contributed by atoms with Crippen molar-refractivity contribution in [1.82, 2.24) is 10.6 Å². The molecule has 1 aromatic rings. The second kappa shape index (κ2) is 7.03. The minimum absolute atomic E-state index is 0.0720. The van der Waals surface area contributed by atoms with E-state index in [4.69, 9.17) is 4.74 Å². The summed E-state index contributed by atoms with van der Waals surface area (Å²) < 4.78 is 5.15. The van der Waals surface area contributed by atoms with Crippen molar-refractivity contribution in [2.24, 2.45) is 4.99 Å². The Balaban J connectivity index is 2.86. The van der Waals surface area contributed by atoms with Gasteiger partial charge in [-0.05, 0) is 45.9 Å². The minimum Gasteiger partial charge on any atom is -0.508 e. The average Bonchev–Trinajstić information content (AvgIpc) is 2.36. The number of nitrogens with one attached hydrogen (secondary N) is 2. The molecule has 0 aromatic heterocycles. The van der Waals surface area contributed by atoms with Gasteiger partial charge in [0, 0.05) is 17.6 Å². The molecule has 0 saturated carbocycles. The maximum atomic E-state index is 9.84. The molecule has 3 N–H and O–H groups in total. The number of aromatic hydroxyl groups is 1. The summed E-state index contributed by atoms with van der Waals surface area (Å²) in [6, 6.07) is 5.13. The van der Waals surface area contributed by atoms with Crippen LogP contribution in [0.5, 0.6) is 11.5 Å². The fourth-order valence-corrected chi connectivity index (χ4v) is 1.64. The summed E-state index contributed by atoms with van der Waals surface area (Å²) in [7, 11) is 1.60. The van der Waals surface area contributed by atoms with Gasteiger partial charge in [0.2, 0.25) is 0 Å². The summed E-state index contributed by atoms with van der Waals surface area (Å²) in [4.78, 5) is 4.48. The van der Waals surface area contributed by atoms with Crippen LogP contribution in [0.25, 0.3) is 0 Å². The first-order valence-electron chi connectivity index (χ1n) is 6.78. The van der Waals surface area contributed by atoms with Crippen molar-refractivity contribution < 1.29 is 9.84 Å². The third-order valence-corrected chi connectivity index (χ3v) is 2.53. The van der Waals surface area contributed by atoms with Crippen molar-refractivity contribution >= 4 is 5.96 Å². The molecular weight excluding hydrogens is 254 g/mol. The van der Waals surface area contributed by atoms with Crippen LogP contribution in [0.15, 0.2) is 23.2 Å². The highest BCUT2D eigenvalue weighted by molar-refractivity contribution is 5.80. The molecule has 20 heavy (non-hydrogen) atoms. The average molecular weight is 279 g/mol. The number of methoxy groups -OCH3 is 1. The Morgan fingerprint density at radius 2 is 2.05 bits per heavy atom. The topological polar surface area (TPSA) is 65.9 Å². The number of aliphatic imine (C=N–C) groups is 1. The van der Waals surface area contributed by atoms with Gasteiger partial charge >= 0.3 is 0 Å². The summed E-state index contributed by atoms with van der Waals surface area (Å²) in [5.41, 5.74) is 0.660. The molecule has 1 rings (SSSR count). The zero-order chi connectivity index (χ0) is 15.2. The molecule has 1 aromatic carbocycles. The van der Waals surface area contributed by atoms with E-state index in [0.29, 0.717) is 12.3 Å². The van der Waals surface area contributed by atoms with Crippen LogP contribution in [0.1, 0.15) is 33.3 Å². The number of benzene rings is 1. The Kier molecular flexibility index (Phi) is 5.67. The molecule has 0 saturated heterocycles. The Labute approximate surface area is 121 Å². The fourth-order valence-electron chi connectivity index (χ4n) is 1.64. The van der Waals surface area contributed by atoms with Crippen LogP contribution >= 0.6 is 0 Å². The third-order valence-electron chi connectivity index (χ3n) is 2.53. The predicted molar refractivity (Wildman–Crippen MR) is 82.4 cm³/mol. The first kappa shape index (κ1) is 16.1. The van der Waals surface area contributed by atoms with Gasteiger partial charge in [-0.3, -0.25) is 0 Å². The molecular formula is C15H25N3O2. The third kappa shape index (κ3) is 5.38. The van der Waals surface area contributed by atoms with Gasteiger partial charge in [-0.25, -0.2) is 4.99 Å². The maximum Gasteiger partial charge on any atom is 0.191 e. The molecule has 0 aliphatic rings. The number of phenolic OH excluding ortho intramolecular Hbond substituents is 1. The van der Waals surface area contributed by atoms with Crippen molar-refractivity contribution in [1.29, 1.82) is 0 Å². The lowest BCUT2D eigenvalue weighted by molar-refractivity contribution is 0.411. The smallest absolute Gasteiger partial charge is 0.191 e. The number of rotatable bonds is 4. The van der Waals surface area contributed by atoms with Crippen molar-refractivity contribution in [2.45, 2.75) is 39.8 Å². The standard InChI is InChI=1S/C15H25N3O2/c1-6-16-14(18-15(2,3)4)17-10-11-9-12(20-5)7-8-13(11)19/h7-9,19H,6,10H2,1-5H3,(H2,16,17,18). The van der Waals surface area contributed by atoms with E-state index in [1.165, 1.54) is 0 Å². The van der Waals surface area contributed by atoms with Crippen LogP contribution in [-0.4, -0.2) is 30.3 Å². The van der Waals surface area contributed by atoms with E-state index in [2.05, 4.69) is 36.4 Å². The van der Waals surface area contributed by atoms with Crippen LogP contribution in [0.2, 0.25) is 0 Å². The molecule has 0 unspecified atom stereocenters. The maximum absolute atomic E-state index is 9.84. The first-order valence-corrected chi connectivity index (χ1v) is 6.78. The molecule has 112 valence electrons. The lowest BCUT2D eigenvalue weighted by Gasteiger charge is -2.23. The molecule has 0 heterocycles. The number of guanidine groups is 1. The lowest BCUT2D eigenvalue weighted by Crippen LogP contribution is -2.47. The predicted octanol–water partition coefficient (Wildman–Crippen LogP) is 2.25. The Morgan fingerprint density at radius 1 is 1.35 bits per heavy atom. The van der Waals surface area contributed by atoms with E-state index in [1.807, 2.05) is 6.92 Å². The Morgan fingerprint density at radius 3 is 2.60 bits per heavy atom. The van der Waals surface area contributed by atoms with Crippen LogP contribution in [0.3, 0.4) is 0 Å². The second-order valence-corrected chi connectivity index (χ2v) is 5.56. The number of ether oxygens (including phenoxy) is 1. The summed E-state index contributed by atoms with van der Waals surface area (Å²) in [5, 5.41) is 16.3. The minimum atomic E-state index is -0.0720. The normalized spacial score (nSPS) is 12.2. The van der Waals surface area contributed by atoms with E-state index in [9.17, 15) is 5.11 Å². The SMILES string of the molecule is CCNC(=NCc1cc(OC)ccc1O)NC(C)(C)C. The van der Waals surface area contributed by atoms with Gasteiger partial charge in [0.1, 0.15) is 11.5 Å². The summed E-state index contributed by atoms with van der Waals surface area (Å²) in [5.74, 6) is 1.66. The van der Waals surface area contributed by atoms with Crippen molar-refractivity contribution in [3.63, 3.8) is 0 Å². The largest absolute Gasteiger partial charge is 0.508 e. The van der Waals surface area contributed by atoms with Crippen molar-refractivity contribution in [3.8, 4) is 11.5 Å². The van der Waals surface area contributed by atoms with E-state index in [-0.39, 0.29) is 11.3 Å². The van der Waals surface area contributed by atoms with Crippen LogP contribution < -0.4 is 15.4 Å². The highest BCUT2D eigenvalue weighted by Gasteiger charge is 2.12. The molecule has 0 amide bonds. The molecule has 0 fully saturated rings. The molecule has 0 atom stereocenters. The van der Waals surface area contributed by atoms with E-state index in [1.54, 1.807) is 25.3 Å². The van der Waals surface area contributed by atoms with Gasteiger partial charge in [0.15, 0.2) is 5.96 Å². The molecule has 0 aliphatic heterocycles. The molecule has 0 radical (unpaired) electrons. The quantitative estimate of drug-likeness (QED) is 0.584. The number of hydrogen-bond donors (Lipinski definition) is 3. The van der Waals surface area contributed by atoms with Gasteiger partial charge in [0.25, 0.3) is 0 Å². The number of phenols is 1. The fraction of sp³-hybridized carbons (Fsp3) is 0.533. The van der Waals surface area contributed by atoms with Crippen molar-refractivity contribution in [2.75, 3.05) is 13.7 Å². The van der Waals surface area contributed by atoms with Gasteiger partial charge in [-0.15, -0.1) is 0 Å². The Hall–Kier alpha value is -1.91. The summed E-state index contributed by atoms with van der Waals surface area (Å²) in [6.45, 7) is 9.40. The molecule has 5 nitrogen and oxygen atoms in total. The van der Waals surface area contributed by atoms with Gasteiger partial charge < -0.3 is 20.5 Å². The zero-order valence-corrected chi connectivity index (χ0v) is 12.9. The van der Waals surface area contributed by atoms with Crippen LogP contribution in [0, 0.1) is 0 Å². The van der Waals surface area contributed by atoms with Crippen LogP contribution in [-0.2, 0) is 6.54 Å². The van der Waals surface area contributed by atoms with Gasteiger partial charge in [0.05, 0.1) is 13.7 Å². The van der Waals surface area contributed by atoms with Crippen molar-refractivity contribution in [3.05, 3.63) is 23.8 Å². The number of hydrogen-bond acceptors (Lipinski definition) is 3. The first-order chi connectivity index (χ1) is 9.35. The van der Waals surface area contributed by atoms with Gasteiger partial charge in [-0.2, -0.15) is 0 Å². The lowest BCUT2D eigenvalue weighted by atomic mass is 10.1. The number of nitrogens with zero attached hydrogens (tertiary/aromatic N) is 1. The highest BCUT2D eigenvalue weighted by atomic mass is 16.5. The highest BCUT2D eigenvalue weighted by Crippen LogP contribution is 2.23. The molecule has 5 heteroatoms. The summed E-state index contributed by atoms with van der Waals surface area (Å²) in [6.07, 6.45) is 0.